The molecule has 0 unspecified atom stereocenters. The van der Waals surface area contributed by atoms with Crippen LogP contribution in [0.5, 0.6) is 0 Å². The van der Waals surface area contributed by atoms with E-state index in [1.165, 1.54) is 0 Å². The van der Waals surface area contributed by atoms with Crippen LogP contribution in [-0.4, -0.2) is 19.1 Å². The summed E-state index contributed by atoms with van der Waals surface area (Å²) in [7, 11) is -1.41. The van der Waals surface area contributed by atoms with Crippen molar-refractivity contribution in [1.82, 2.24) is 0 Å². The van der Waals surface area contributed by atoms with Crippen LogP contribution in [0, 0.1) is 11.5 Å². The lowest BCUT2D eigenvalue weighted by atomic mass is 10.1. The maximum absolute atomic E-state index is 10.7. The summed E-state index contributed by atoms with van der Waals surface area (Å²) in [6.45, 7) is 6.50. The molecule has 1 rings (SSSR count). The number of hydrogen-bond donors (Lipinski definition) is 1. The summed E-state index contributed by atoms with van der Waals surface area (Å²) in [4.78, 5) is 10.7. The van der Waals surface area contributed by atoms with Crippen LogP contribution in [-0.2, 0) is 11.2 Å². The summed E-state index contributed by atoms with van der Waals surface area (Å²) in [6, 6.07) is 7.44. The molecule has 0 bridgehead atoms. The fourth-order valence-corrected chi connectivity index (χ4v) is 1.72. The van der Waals surface area contributed by atoms with Crippen molar-refractivity contribution in [2.75, 3.05) is 0 Å². The first-order valence-electron chi connectivity index (χ1n) is 5.21. The lowest BCUT2D eigenvalue weighted by Gasteiger charge is -2.05. The zero-order chi connectivity index (χ0) is 12.2. The fourth-order valence-electron chi connectivity index (χ4n) is 1.21. The van der Waals surface area contributed by atoms with Crippen LogP contribution >= 0.6 is 0 Å². The van der Waals surface area contributed by atoms with Crippen LogP contribution in [0.1, 0.15) is 11.1 Å². The minimum Gasteiger partial charge on any atom is -0.481 e. The molecule has 84 valence electrons. The van der Waals surface area contributed by atoms with Gasteiger partial charge < -0.3 is 5.11 Å². The molecule has 0 saturated carbocycles. The van der Waals surface area contributed by atoms with Gasteiger partial charge in [0.1, 0.15) is 8.07 Å². The molecule has 0 radical (unpaired) electrons. The molecule has 0 heterocycles. The molecule has 0 aliphatic heterocycles. The SMILES string of the molecule is C[Si](C)(C)C#Cc1ccccc1CC(=O)O. The van der Waals surface area contributed by atoms with E-state index >= 15 is 0 Å². The molecule has 0 aliphatic rings. The lowest BCUT2D eigenvalue weighted by molar-refractivity contribution is -0.136. The molecule has 0 fully saturated rings. The maximum Gasteiger partial charge on any atom is 0.307 e. The van der Waals surface area contributed by atoms with Crippen molar-refractivity contribution in [3.05, 3.63) is 35.4 Å². The molecule has 0 atom stereocenters. The monoisotopic (exact) mass is 232 g/mol. The Labute approximate surface area is 97.3 Å². The van der Waals surface area contributed by atoms with E-state index in [0.29, 0.717) is 0 Å². The summed E-state index contributed by atoms with van der Waals surface area (Å²) < 4.78 is 0. The van der Waals surface area contributed by atoms with Gasteiger partial charge >= 0.3 is 5.97 Å². The standard InChI is InChI=1S/C13H16O2Si/c1-16(2,3)9-8-11-6-4-5-7-12(11)10-13(14)15/h4-7H,10H2,1-3H3,(H,14,15). The van der Waals surface area contributed by atoms with Crippen molar-refractivity contribution in [3.63, 3.8) is 0 Å². The van der Waals surface area contributed by atoms with Gasteiger partial charge in [-0.3, -0.25) is 4.79 Å². The van der Waals surface area contributed by atoms with Crippen LogP contribution in [0.4, 0.5) is 0 Å². The second-order valence-corrected chi connectivity index (χ2v) is 9.48. The number of carbonyl (C=O) groups is 1. The van der Waals surface area contributed by atoms with Crippen molar-refractivity contribution >= 4 is 14.0 Å². The summed E-state index contributed by atoms with van der Waals surface area (Å²) in [5.41, 5.74) is 4.88. The smallest absolute Gasteiger partial charge is 0.307 e. The maximum atomic E-state index is 10.7. The molecule has 0 aromatic heterocycles. The molecule has 3 heteroatoms. The highest BCUT2D eigenvalue weighted by molar-refractivity contribution is 6.83. The third-order valence-corrected chi connectivity index (χ3v) is 2.81. The highest BCUT2D eigenvalue weighted by Gasteiger charge is 2.09. The van der Waals surface area contributed by atoms with E-state index < -0.39 is 14.0 Å². The highest BCUT2D eigenvalue weighted by Crippen LogP contribution is 2.09. The molecule has 0 saturated heterocycles. The first-order chi connectivity index (χ1) is 7.38. The normalized spacial score (nSPS) is 10.4. The average Bonchev–Trinajstić information content (AvgIpc) is 2.14. The summed E-state index contributed by atoms with van der Waals surface area (Å²) >= 11 is 0. The fraction of sp³-hybridized carbons (Fsp3) is 0.308. The second kappa shape index (κ2) is 5.00. The summed E-state index contributed by atoms with van der Waals surface area (Å²) in [6.07, 6.45) is 0.0382. The highest BCUT2D eigenvalue weighted by atomic mass is 28.3. The van der Waals surface area contributed by atoms with Crippen molar-refractivity contribution < 1.29 is 9.90 Å². The minimum atomic E-state index is -1.41. The largest absolute Gasteiger partial charge is 0.481 e. The number of aliphatic carboxylic acids is 1. The van der Waals surface area contributed by atoms with Gasteiger partial charge in [0.2, 0.25) is 0 Å². The van der Waals surface area contributed by atoms with E-state index in [-0.39, 0.29) is 6.42 Å². The topological polar surface area (TPSA) is 37.3 Å². The van der Waals surface area contributed by atoms with E-state index in [4.69, 9.17) is 5.11 Å². The number of hydrogen-bond acceptors (Lipinski definition) is 1. The summed E-state index contributed by atoms with van der Waals surface area (Å²) in [5.74, 6) is 2.29. The van der Waals surface area contributed by atoms with Gasteiger partial charge in [-0.1, -0.05) is 43.8 Å². The predicted octanol–water partition coefficient (Wildman–Crippen LogP) is 2.54. The molecular weight excluding hydrogens is 216 g/mol. The number of carboxylic acid groups (broad SMARTS) is 1. The number of rotatable bonds is 2. The molecule has 16 heavy (non-hydrogen) atoms. The van der Waals surface area contributed by atoms with Gasteiger partial charge in [-0.2, -0.15) is 0 Å². The molecule has 1 N–H and O–H groups in total. The third kappa shape index (κ3) is 4.33. The Morgan fingerprint density at radius 2 is 1.94 bits per heavy atom. The van der Waals surface area contributed by atoms with Crippen LogP contribution in [0.2, 0.25) is 19.6 Å². The quantitative estimate of drug-likeness (QED) is 0.628. The van der Waals surface area contributed by atoms with Gasteiger partial charge in [-0.05, 0) is 11.6 Å². The van der Waals surface area contributed by atoms with Crippen LogP contribution in [0.15, 0.2) is 24.3 Å². The molecular formula is C13H16O2Si. The first kappa shape index (κ1) is 12.5. The van der Waals surface area contributed by atoms with E-state index in [1.54, 1.807) is 0 Å². The van der Waals surface area contributed by atoms with E-state index in [1.807, 2.05) is 24.3 Å². The Morgan fingerprint density at radius 3 is 2.50 bits per heavy atom. The van der Waals surface area contributed by atoms with Crippen molar-refractivity contribution in [3.8, 4) is 11.5 Å². The Morgan fingerprint density at radius 1 is 1.31 bits per heavy atom. The summed E-state index contributed by atoms with van der Waals surface area (Å²) in [5, 5.41) is 8.78. The van der Waals surface area contributed by atoms with Crippen molar-refractivity contribution in [2.45, 2.75) is 26.1 Å². The molecule has 2 nitrogen and oxygen atoms in total. The molecule has 1 aromatic carbocycles. The van der Waals surface area contributed by atoms with Gasteiger partial charge in [0.25, 0.3) is 0 Å². The predicted molar refractivity (Wildman–Crippen MR) is 68.0 cm³/mol. The van der Waals surface area contributed by atoms with Crippen LogP contribution in [0.3, 0.4) is 0 Å². The zero-order valence-corrected chi connectivity index (χ0v) is 10.9. The molecule has 0 spiro atoms. The van der Waals surface area contributed by atoms with Crippen molar-refractivity contribution in [2.24, 2.45) is 0 Å². The third-order valence-electron chi connectivity index (χ3n) is 1.93. The van der Waals surface area contributed by atoms with E-state index in [9.17, 15) is 4.79 Å². The number of benzene rings is 1. The van der Waals surface area contributed by atoms with E-state index in [2.05, 4.69) is 31.1 Å². The first-order valence-corrected chi connectivity index (χ1v) is 8.71. The lowest BCUT2D eigenvalue weighted by Crippen LogP contribution is -2.16. The van der Waals surface area contributed by atoms with E-state index in [0.717, 1.165) is 11.1 Å². The molecule has 0 amide bonds. The Bertz CT molecular complexity index is 447. The van der Waals surface area contributed by atoms with Crippen molar-refractivity contribution in [1.29, 1.82) is 0 Å². The minimum absolute atomic E-state index is 0.0382. The van der Waals surface area contributed by atoms with Gasteiger partial charge in [0.15, 0.2) is 0 Å². The Hall–Kier alpha value is -1.53. The van der Waals surface area contributed by atoms with Gasteiger partial charge in [-0.15, -0.1) is 5.54 Å². The van der Waals surface area contributed by atoms with Gasteiger partial charge in [0, 0.05) is 5.56 Å². The Kier molecular flexibility index (Phi) is 3.91. The van der Waals surface area contributed by atoms with Crippen LogP contribution < -0.4 is 0 Å². The van der Waals surface area contributed by atoms with Gasteiger partial charge in [0.05, 0.1) is 6.42 Å². The molecule has 0 aliphatic carbocycles. The average molecular weight is 232 g/mol. The van der Waals surface area contributed by atoms with Gasteiger partial charge in [-0.25, -0.2) is 0 Å². The molecule has 1 aromatic rings. The zero-order valence-electron chi connectivity index (χ0n) is 9.87. The second-order valence-electron chi connectivity index (χ2n) is 4.73. The Balaban J connectivity index is 3.03. The number of carboxylic acids is 1. The van der Waals surface area contributed by atoms with Crippen LogP contribution in [0.25, 0.3) is 0 Å².